The molecule has 1 unspecified atom stereocenters. The summed E-state index contributed by atoms with van der Waals surface area (Å²) in [6.07, 6.45) is 0. The van der Waals surface area contributed by atoms with Crippen LogP contribution in [0, 0.1) is 0 Å². The number of benzene rings is 2. The summed E-state index contributed by atoms with van der Waals surface area (Å²) in [4.78, 5) is 12.2. The number of hydrogen-bond acceptors (Lipinski definition) is 1. The van der Waals surface area contributed by atoms with Gasteiger partial charge < -0.3 is 9.88 Å². The van der Waals surface area contributed by atoms with E-state index in [2.05, 4.69) is 5.32 Å². The van der Waals surface area contributed by atoms with E-state index in [1.165, 1.54) is 0 Å². The van der Waals surface area contributed by atoms with E-state index in [-0.39, 0.29) is 11.8 Å². The standard InChI is InChI=1S/C17H13ClN2O/c18-16-9-11-5-1-4-8-15(11)20(16)10-13-12-6-2-3-7-14(12)19-17(13)21/h1-9,13H,10H2,(H,19,21). The number of halogens is 1. The molecular weight excluding hydrogens is 284 g/mol. The predicted octanol–water partition coefficient (Wildman–Crippen LogP) is 4.03. The van der Waals surface area contributed by atoms with Gasteiger partial charge in [-0.25, -0.2) is 0 Å². The first-order valence-corrected chi connectivity index (χ1v) is 7.25. The second kappa shape index (κ2) is 4.64. The number of aromatic nitrogens is 1. The van der Waals surface area contributed by atoms with Crippen molar-refractivity contribution in [2.24, 2.45) is 0 Å². The zero-order chi connectivity index (χ0) is 14.4. The number of carbonyl (C=O) groups excluding carboxylic acids is 1. The largest absolute Gasteiger partial charge is 0.330 e. The molecule has 21 heavy (non-hydrogen) atoms. The molecule has 1 aliphatic heterocycles. The van der Waals surface area contributed by atoms with E-state index in [1.807, 2.05) is 59.2 Å². The predicted molar refractivity (Wildman–Crippen MR) is 84.8 cm³/mol. The minimum absolute atomic E-state index is 0.0325. The Morgan fingerprint density at radius 3 is 2.76 bits per heavy atom. The number of carbonyl (C=O) groups is 1. The number of rotatable bonds is 2. The van der Waals surface area contributed by atoms with Crippen LogP contribution in [-0.2, 0) is 11.3 Å². The van der Waals surface area contributed by atoms with Crippen molar-refractivity contribution < 1.29 is 4.79 Å². The highest BCUT2D eigenvalue weighted by atomic mass is 35.5. The van der Waals surface area contributed by atoms with Crippen molar-refractivity contribution >= 4 is 34.1 Å². The van der Waals surface area contributed by atoms with Crippen LogP contribution in [0.5, 0.6) is 0 Å². The molecule has 0 bridgehead atoms. The van der Waals surface area contributed by atoms with Crippen molar-refractivity contribution in [3.63, 3.8) is 0 Å². The highest BCUT2D eigenvalue weighted by molar-refractivity contribution is 6.31. The summed E-state index contributed by atoms with van der Waals surface area (Å²) in [7, 11) is 0. The van der Waals surface area contributed by atoms with Crippen molar-refractivity contribution in [3.05, 3.63) is 65.3 Å². The number of hydrogen-bond donors (Lipinski definition) is 1. The normalized spacial score (nSPS) is 17.0. The van der Waals surface area contributed by atoms with Gasteiger partial charge in [-0.05, 0) is 23.8 Å². The molecule has 3 aromatic rings. The Kier molecular flexibility index (Phi) is 2.76. The Labute approximate surface area is 127 Å². The molecule has 1 amide bonds. The molecule has 0 spiro atoms. The highest BCUT2D eigenvalue weighted by Crippen LogP contribution is 2.35. The van der Waals surface area contributed by atoms with Gasteiger partial charge in [0.25, 0.3) is 0 Å². The van der Waals surface area contributed by atoms with E-state index in [9.17, 15) is 4.79 Å². The van der Waals surface area contributed by atoms with E-state index in [4.69, 9.17) is 11.6 Å². The number of nitrogens with one attached hydrogen (secondary N) is 1. The first-order chi connectivity index (χ1) is 10.2. The summed E-state index contributed by atoms with van der Waals surface area (Å²) in [5.74, 6) is -0.167. The SMILES string of the molecule is O=C1Nc2ccccc2C1Cn1c(Cl)cc2ccccc21. The van der Waals surface area contributed by atoms with Crippen LogP contribution in [0.2, 0.25) is 5.15 Å². The molecule has 1 N–H and O–H groups in total. The minimum atomic E-state index is -0.200. The van der Waals surface area contributed by atoms with Crippen molar-refractivity contribution in [3.8, 4) is 0 Å². The third-order valence-corrected chi connectivity index (χ3v) is 4.35. The molecule has 3 nitrogen and oxygen atoms in total. The highest BCUT2D eigenvalue weighted by Gasteiger charge is 2.31. The Bertz CT molecular complexity index is 853. The smallest absolute Gasteiger partial charge is 0.233 e. The van der Waals surface area contributed by atoms with Crippen LogP contribution in [0.4, 0.5) is 5.69 Å². The van der Waals surface area contributed by atoms with Crippen molar-refractivity contribution in [1.82, 2.24) is 4.57 Å². The van der Waals surface area contributed by atoms with Crippen LogP contribution in [-0.4, -0.2) is 10.5 Å². The van der Waals surface area contributed by atoms with Crippen LogP contribution in [0.25, 0.3) is 10.9 Å². The maximum absolute atomic E-state index is 12.2. The zero-order valence-electron chi connectivity index (χ0n) is 11.2. The molecule has 0 aliphatic carbocycles. The van der Waals surface area contributed by atoms with Gasteiger partial charge in [0.1, 0.15) is 5.15 Å². The second-order valence-electron chi connectivity index (χ2n) is 5.27. The molecule has 2 heterocycles. The Balaban J connectivity index is 1.79. The topological polar surface area (TPSA) is 34.0 Å². The summed E-state index contributed by atoms with van der Waals surface area (Å²) in [5, 5.41) is 4.68. The first kappa shape index (κ1) is 12.5. The van der Waals surface area contributed by atoms with Gasteiger partial charge in [0.15, 0.2) is 0 Å². The minimum Gasteiger partial charge on any atom is -0.330 e. The van der Waals surface area contributed by atoms with Crippen molar-refractivity contribution in [1.29, 1.82) is 0 Å². The maximum atomic E-state index is 12.2. The van der Waals surface area contributed by atoms with Gasteiger partial charge in [0.2, 0.25) is 5.91 Å². The zero-order valence-corrected chi connectivity index (χ0v) is 12.0. The van der Waals surface area contributed by atoms with Crippen LogP contribution in [0.15, 0.2) is 54.6 Å². The summed E-state index contributed by atoms with van der Waals surface area (Å²) in [5.41, 5.74) is 3.00. The van der Waals surface area contributed by atoms with E-state index >= 15 is 0 Å². The molecular formula is C17H13ClN2O. The fraction of sp³-hybridized carbons (Fsp3) is 0.118. The molecule has 2 aromatic carbocycles. The average Bonchev–Trinajstić information content (AvgIpc) is 2.97. The lowest BCUT2D eigenvalue weighted by molar-refractivity contribution is -0.117. The summed E-state index contributed by atoms with van der Waals surface area (Å²) < 4.78 is 2.00. The quantitative estimate of drug-likeness (QED) is 0.761. The molecule has 1 aromatic heterocycles. The lowest BCUT2D eigenvalue weighted by Gasteiger charge is -2.12. The van der Waals surface area contributed by atoms with Crippen LogP contribution >= 0.6 is 11.6 Å². The monoisotopic (exact) mass is 296 g/mol. The third-order valence-electron chi connectivity index (χ3n) is 4.04. The molecule has 1 atom stereocenters. The molecule has 0 radical (unpaired) electrons. The van der Waals surface area contributed by atoms with Crippen molar-refractivity contribution in [2.45, 2.75) is 12.5 Å². The number of nitrogens with zero attached hydrogens (tertiary/aromatic N) is 1. The van der Waals surface area contributed by atoms with E-state index in [0.717, 1.165) is 22.2 Å². The lowest BCUT2D eigenvalue weighted by Crippen LogP contribution is -2.17. The third kappa shape index (κ3) is 1.93. The summed E-state index contributed by atoms with van der Waals surface area (Å²) in [6.45, 7) is 0.551. The Morgan fingerprint density at radius 1 is 1.10 bits per heavy atom. The molecule has 4 rings (SSSR count). The summed E-state index contributed by atoms with van der Waals surface area (Å²) in [6, 6.07) is 17.8. The molecule has 0 fully saturated rings. The number of fused-ring (bicyclic) bond motifs is 2. The first-order valence-electron chi connectivity index (χ1n) is 6.87. The number of para-hydroxylation sites is 2. The van der Waals surface area contributed by atoms with Gasteiger partial charge in [-0.2, -0.15) is 0 Å². The number of amides is 1. The average molecular weight is 297 g/mol. The molecule has 104 valence electrons. The molecule has 0 saturated heterocycles. The van der Waals surface area contributed by atoms with Crippen LogP contribution < -0.4 is 5.32 Å². The second-order valence-corrected chi connectivity index (χ2v) is 5.65. The van der Waals surface area contributed by atoms with Gasteiger partial charge in [-0.1, -0.05) is 48.0 Å². The van der Waals surface area contributed by atoms with E-state index in [0.29, 0.717) is 11.7 Å². The van der Waals surface area contributed by atoms with Crippen molar-refractivity contribution in [2.75, 3.05) is 5.32 Å². The van der Waals surface area contributed by atoms with Gasteiger partial charge in [-0.3, -0.25) is 4.79 Å². The summed E-state index contributed by atoms with van der Waals surface area (Å²) >= 11 is 6.35. The van der Waals surface area contributed by atoms with Gasteiger partial charge in [0.05, 0.1) is 5.92 Å². The molecule has 0 saturated carbocycles. The lowest BCUT2D eigenvalue weighted by atomic mass is 10.0. The van der Waals surface area contributed by atoms with Crippen LogP contribution in [0.1, 0.15) is 11.5 Å². The van der Waals surface area contributed by atoms with Gasteiger partial charge in [-0.15, -0.1) is 0 Å². The Morgan fingerprint density at radius 2 is 1.86 bits per heavy atom. The molecule has 1 aliphatic rings. The van der Waals surface area contributed by atoms with E-state index in [1.54, 1.807) is 0 Å². The van der Waals surface area contributed by atoms with Gasteiger partial charge >= 0.3 is 0 Å². The maximum Gasteiger partial charge on any atom is 0.233 e. The van der Waals surface area contributed by atoms with Crippen LogP contribution in [0.3, 0.4) is 0 Å². The fourth-order valence-corrected chi connectivity index (χ4v) is 3.28. The Hall–Kier alpha value is -2.26. The van der Waals surface area contributed by atoms with Gasteiger partial charge in [0, 0.05) is 23.1 Å². The number of anilines is 1. The fourth-order valence-electron chi connectivity index (χ4n) is 3.00. The van der Waals surface area contributed by atoms with E-state index < -0.39 is 0 Å². The molecule has 4 heteroatoms.